The summed E-state index contributed by atoms with van der Waals surface area (Å²) in [7, 11) is 0. The van der Waals surface area contributed by atoms with E-state index >= 15 is 0 Å². The average Bonchev–Trinajstić information content (AvgIpc) is 1.95. The molecule has 0 saturated heterocycles. The molecule has 76 valence electrons. The minimum absolute atomic E-state index is 0.756. The van der Waals surface area contributed by atoms with Crippen LogP contribution in [0.15, 0.2) is 0 Å². The van der Waals surface area contributed by atoms with Crippen LogP contribution in [0.1, 0.15) is 53.4 Å². The fraction of sp³-hybridized carbons (Fsp3) is 1.00. The minimum atomic E-state index is 0.756. The number of rotatable bonds is 1. The maximum absolute atomic E-state index is 2.50. The van der Waals surface area contributed by atoms with E-state index in [4.69, 9.17) is 0 Å². The Hall–Kier alpha value is 0. The zero-order chi connectivity index (χ0) is 9.64. The lowest BCUT2D eigenvalue weighted by Crippen LogP contribution is -2.52. The van der Waals surface area contributed by atoms with Gasteiger partial charge in [0.05, 0.1) is 0 Å². The van der Waals surface area contributed by atoms with Crippen LogP contribution in [0.5, 0.6) is 0 Å². The molecule has 0 N–H and O–H groups in total. The molecule has 2 saturated carbocycles. The highest BCUT2D eigenvalue weighted by molar-refractivity contribution is 5.03. The molecule has 2 aliphatic rings. The molecule has 13 heavy (non-hydrogen) atoms. The van der Waals surface area contributed by atoms with Crippen LogP contribution in [0, 0.1) is 29.1 Å². The van der Waals surface area contributed by atoms with Gasteiger partial charge in [-0.15, -0.1) is 0 Å². The fourth-order valence-corrected chi connectivity index (χ4v) is 4.40. The SMILES string of the molecule is CC1CC(C)C2(C(C)C)CCC2C1. The topological polar surface area (TPSA) is 0 Å². The van der Waals surface area contributed by atoms with Crippen LogP contribution in [0.2, 0.25) is 0 Å². The van der Waals surface area contributed by atoms with Gasteiger partial charge >= 0.3 is 0 Å². The Labute approximate surface area is 83.1 Å². The molecule has 0 aromatic heterocycles. The molecule has 0 heteroatoms. The summed E-state index contributed by atoms with van der Waals surface area (Å²) in [4.78, 5) is 0. The smallest absolute Gasteiger partial charge is 0.0220 e. The van der Waals surface area contributed by atoms with Crippen molar-refractivity contribution in [1.82, 2.24) is 0 Å². The monoisotopic (exact) mass is 180 g/mol. The predicted octanol–water partition coefficient (Wildman–Crippen LogP) is 4.10. The van der Waals surface area contributed by atoms with E-state index in [2.05, 4.69) is 27.7 Å². The first-order valence-electron chi connectivity index (χ1n) is 6.07. The summed E-state index contributed by atoms with van der Waals surface area (Å²) in [6, 6.07) is 0. The Morgan fingerprint density at radius 2 is 1.85 bits per heavy atom. The third kappa shape index (κ3) is 1.17. The summed E-state index contributed by atoms with van der Waals surface area (Å²) in [5, 5.41) is 0. The Morgan fingerprint density at radius 1 is 1.15 bits per heavy atom. The van der Waals surface area contributed by atoms with Crippen molar-refractivity contribution in [3.8, 4) is 0 Å². The highest BCUT2D eigenvalue weighted by Crippen LogP contribution is 2.63. The van der Waals surface area contributed by atoms with Crippen LogP contribution in [0.3, 0.4) is 0 Å². The molecule has 0 radical (unpaired) electrons. The summed E-state index contributed by atoms with van der Waals surface area (Å²) in [6.45, 7) is 9.83. The van der Waals surface area contributed by atoms with Gasteiger partial charge in [-0.3, -0.25) is 0 Å². The van der Waals surface area contributed by atoms with Crippen LogP contribution in [0.25, 0.3) is 0 Å². The van der Waals surface area contributed by atoms with E-state index in [0.717, 1.165) is 29.1 Å². The molecule has 2 aliphatic carbocycles. The standard InChI is InChI=1S/C13H24/c1-9(2)13-6-5-12(13)8-10(3)7-11(13)4/h9-12H,5-8H2,1-4H3. The largest absolute Gasteiger partial charge is 0.0625 e. The van der Waals surface area contributed by atoms with Gasteiger partial charge in [-0.25, -0.2) is 0 Å². The van der Waals surface area contributed by atoms with Crippen LogP contribution in [-0.2, 0) is 0 Å². The van der Waals surface area contributed by atoms with Gasteiger partial charge in [-0.2, -0.15) is 0 Å². The van der Waals surface area contributed by atoms with Crippen LogP contribution in [-0.4, -0.2) is 0 Å². The first-order valence-corrected chi connectivity index (χ1v) is 6.07. The van der Waals surface area contributed by atoms with E-state index in [1.165, 1.54) is 25.7 Å². The minimum Gasteiger partial charge on any atom is -0.0625 e. The molecule has 0 heterocycles. The number of hydrogen-bond donors (Lipinski definition) is 0. The lowest BCUT2D eigenvalue weighted by atomic mass is 9.44. The number of fused-ring (bicyclic) bond motifs is 1. The van der Waals surface area contributed by atoms with Gasteiger partial charge in [-0.05, 0) is 54.8 Å². The summed E-state index contributed by atoms with van der Waals surface area (Å²) in [6.07, 6.45) is 6.04. The molecule has 0 nitrogen and oxygen atoms in total. The first-order chi connectivity index (χ1) is 6.07. The fourth-order valence-electron chi connectivity index (χ4n) is 4.40. The van der Waals surface area contributed by atoms with Crippen molar-refractivity contribution in [2.45, 2.75) is 53.4 Å². The lowest BCUT2D eigenvalue weighted by molar-refractivity contribution is -0.113. The van der Waals surface area contributed by atoms with E-state index in [0.29, 0.717) is 0 Å². The summed E-state index contributed by atoms with van der Waals surface area (Å²) >= 11 is 0. The lowest BCUT2D eigenvalue weighted by Gasteiger charge is -2.61. The average molecular weight is 180 g/mol. The second-order valence-corrected chi connectivity index (χ2v) is 5.98. The quantitative estimate of drug-likeness (QED) is 0.570. The van der Waals surface area contributed by atoms with Crippen LogP contribution in [0.4, 0.5) is 0 Å². The van der Waals surface area contributed by atoms with Crippen molar-refractivity contribution >= 4 is 0 Å². The van der Waals surface area contributed by atoms with Gasteiger partial charge in [0.25, 0.3) is 0 Å². The van der Waals surface area contributed by atoms with E-state index < -0.39 is 0 Å². The first kappa shape index (κ1) is 9.55. The Balaban J connectivity index is 2.18. The van der Waals surface area contributed by atoms with E-state index in [-0.39, 0.29) is 0 Å². The second kappa shape index (κ2) is 3.00. The van der Waals surface area contributed by atoms with E-state index in [9.17, 15) is 0 Å². The molecule has 0 aromatic rings. The van der Waals surface area contributed by atoms with Gasteiger partial charge in [0.15, 0.2) is 0 Å². The third-order valence-electron chi connectivity index (χ3n) is 5.12. The molecule has 0 aromatic carbocycles. The highest BCUT2D eigenvalue weighted by atomic mass is 14.6. The van der Waals surface area contributed by atoms with Gasteiger partial charge in [-0.1, -0.05) is 27.7 Å². The van der Waals surface area contributed by atoms with E-state index in [1.807, 2.05) is 0 Å². The zero-order valence-electron chi connectivity index (χ0n) is 9.64. The molecule has 4 unspecified atom stereocenters. The van der Waals surface area contributed by atoms with Crippen molar-refractivity contribution in [2.24, 2.45) is 29.1 Å². The van der Waals surface area contributed by atoms with Crippen LogP contribution < -0.4 is 0 Å². The molecule has 2 rings (SSSR count). The van der Waals surface area contributed by atoms with Gasteiger partial charge in [0.1, 0.15) is 0 Å². The van der Waals surface area contributed by atoms with Crippen LogP contribution >= 0.6 is 0 Å². The van der Waals surface area contributed by atoms with Crippen molar-refractivity contribution in [3.63, 3.8) is 0 Å². The third-order valence-corrected chi connectivity index (χ3v) is 5.12. The van der Waals surface area contributed by atoms with E-state index in [1.54, 1.807) is 0 Å². The summed E-state index contributed by atoms with van der Waals surface area (Å²) in [5.41, 5.74) is 0.756. The zero-order valence-corrected chi connectivity index (χ0v) is 9.64. The molecular formula is C13H24. The molecule has 0 bridgehead atoms. The molecule has 0 spiro atoms. The summed E-state index contributed by atoms with van der Waals surface area (Å²) < 4.78 is 0. The highest BCUT2D eigenvalue weighted by Gasteiger charge is 2.54. The van der Waals surface area contributed by atoms with Gasteiger partial charge in [0.2, 0.25) is 0 Å². The predicted molar refractivity (Wildman–Crippen MR) is 57.6 cm³/mol. The van der Waals surface area contributed by atoms with Crippen molar-refractivity contribution in [2.75, 3.05) is 0 Å². The molecule has 0 aliphatic heterocycles. The molecule has 2 fully saturated rings. The maximum Gasteiger partial charge on any atom is -0.0220 e. The maximum atomic E-state index is 2.50. The second-order valence-electron chi connectivity index (χ2n) is 5.98. The van der Waals surface area contributed by atoms with Crippen molar-refractivity contribution in [1.29, 1.82) is 0 Å². The normalized spacial score (nSPS) is 50.1. The summed E-state index contributed by atoms with van der Waals surface area (Å²) in [5.74, 6) is 3.96. The Kier molecular flexibility index (Phi) is 2.20. The molecular weight excluding hydrogens is 156 g/mol. The van der Waals surface area contributed by atoms with Gasteiger partial charge < -0.3 is 0 Å². The van der Waals surface area contributed by atoms with Gasteiger partial charge in [0, 0.05) is 0 Å². The Morgan fingerprint density at radius 3 is 2.23 bits per heavy atom. The van der Waals surface area contributed by atoms with Crippen molar-refractivity contribution < 1.29 is 0 Å². The van der Waals surface area contributed by atoms with Crippen molar-refractivity contribution in [3.05, 3.63) is 0 Å². The Bertz CT molecular complexity index is 184. The molecule has 4 atom stereocenters. The number of hydrogen-bond acceptors (Lipinski definition) is 0. The molecule has 0 amide bonds.